The zero-order chi connectivity index (χ0) is 20.8. The second-order valence-electron chi connectivity index (χ2n) is 7.07. The van der Waals surface area contributed by atoms with Crippen molar-refractivity contribution in [2.45, 2.75) is 32.7 Å². The van der Waals surface area contributed by atoms with Crippen LogP contribution in [0, 0.1) is 6.92 Å². The van der Waals surface area contributed by atoms with Crippen molar-refractivity contribution in [1.82, 2.24) is 5.32 Å². The number of methoxy groups -OCH3 is 2. The fourth-order valence-corrected chi connectivity index (χ4v) is 3.51. The van der Waals surface area contributed by atoms with Crippen LogP contribution in [0.1, 0.15) is 24.5 Å². The Morgan fingerprint density at radius 1 is 1.00 bits per heavy atom. The Bertz CT molecular complexity index is 995. The van der Waals surface area contributed by atoms with Gasteiger partial charge in [0.15, 0.2) is 0 Å². The van der Waals surface area contributed by atoms with Gasteiger partial charge in [-0.05, 0) is 54.5 Å². The normalized spacial score (nSPS) is 11.7. The van der Waals surface area contributed by atoms with E-state index in [1.807, 2.05) is 61.5 Å². The van der Waals surface area contributed by atoms with Crippen molar-refractivity contribution in [2.24, 2.45) is 0 Å². The number of nitrogens with one attached hydrogen (secondary N) is 2. The first-order valence-corrected chi connectivity index (χ1v) is 9.82. The van der Waals surface area contributed by atoms with Gasteiger partial charge in [0.1, 0.15) is 11.5 Å². The molecule has 5 nitrogen and oxygen atoms in total. The molecule has 3 aromatic rings. The molecule has 0 saturated heterocycles. The molecule has 29 heavy (non-hydrogen) atoms. The lowest BCUT2D eigenvalue weighted by Gasteiger charge is -2.20. The molecule has 0 aliphatic carbocycles. The quantitative estimate of drug-likeness (QED) is 0.573. The van der Waals surface area contributed by atoms with E-state index in [1.165, 1.54) is 0 Å². The van der Waals surface area contributed by atoms with Gasteiger partial charge in [-0.3, -0.25) is 0 Å². The van der Waals surface area contributed by atoms with E-state index in [9.17, 15) is 4.79 Å². The summed E-state index contributed by atoms with van der Waals surface area (Å²) in [5.74, 6) is 1.62. The molecule has 5 heteroatoms. The van der Waals surface area contributed by atoms with Crippen molar-refractivity contribution in [3.63, 3.8) is 0 Å². The molecule has 2 amide bonds. The van der Waals surface area contributed by atoms with E-state index in [-0.39, 0.29) is 12.1 Å². The van der Waals surface area contributed by atoms with Crippen molar-refractivity contribution in [3.05, 3.63) is 65.7 Å². The maximum atomic E-state index is 12.7. The van der Waals surface area contributed by atoms with Crippen molar-refractivity contribution in [3.8, 4) is 11.5 Å². The number of carbonyl (C=O) groups excluding carboxylic acids is 1. The molecule has 1 unspecified atom stereocenters. The predicted octanol–water partition coefficient (Wildman–Crippen LogP) is 5.31. The molecule has 1 atom stereocenters. The lowest BCUT2D eigenvalue weighted by Crippen LogP contribution is -2.39. The maximum absolute atomic E-state index is 12.7. The third-order valence-corrected chi connectivity index (χ3v) is 5.13. The number of ether oxygens (including phenoxy) is 2. The van der Waals surface area contributed by atoms with Gasteiger partial charge >= 0.3 is 6.03 Å². The molecule has 0 bridgehead atoms. The molecule has 0 fully saturated rings. The number of amides is 2. The SMILES string of the molecule is CCC(Cc1cc(OC)c(C)cc1OC)NC(=O)Nc1cccc2ccccc12. The third kappa shape index (κ3) is 4.80. The Hall–Kier alpha value is -3.21. The lowest BCUT2D eigenvalue weighted by atomic mass is 10.0. The van der Waals surface area contributed by atoms with Gasteiger partial charge in [-0.2, -0.15) is 0 Å². The zero-order valence-corrected chi connectivity index (χ0v) is 17.4. The summed E-state index contributed by atoms with van der Waals surface area (Å²) in [5, 5.41) is 8.18. The molecular weight excluding hydrogens is 364 g/mol. The minimum atomic E-state index is -0.216. The van der Waals surface area contributed by atoms with Gasteiger partial charge in [-0.15, -0.1) is 0 Å². The van der Waals surface area contributed by atoms with Crippen LogP contribution in [0.4, 0.5) is 10.5 Å². The summed E-state index contributed by atoms with van der Waals surface area (Å²) in [6.45, 7) is 4.04. The number of urea groups is 1. The Morgan fingerprint density at radius 2 is 1.72 bits per heavy atom. The summed E-state index contributed by atoms with van der Waals surface area (Å²) in [6.07, 6.45) is 1.45. The second kappa shape index (κ2) is 9.32. The highest BCUT2D eigenvalue weighted by atomic mass is 16.5. The standard InChI is InChI=1S/C24H28N2O3/c1-5-19(14-18-15-22(28-3)16(2)13-23(18)29-4)25-24(27)26-21-12-8-10-17-9-6-7-11-20(17)21/h6-13,15,19H,5,14H2,1-4H3,(H2,25,26,27). The number of fused-ring (bicyclic) bond motifs is 1. The average molecular weight is 392 g/mol. The van der Waals surface area contributed by atoms with Crippen LogP contribution < -0.4 is 20.1 Å². The maximum Gasteiger partial charge on any atom is 0.319 e. The number of rotatable bonds is 7. The molecule has 3 rings (SSSR count). The summed E-state index contributed by atoms with van der Waals surface area (Å²) in [4.78, 5) is 12.7. The minimum Gasteiger partial charge on any atom is -0.496 e. The van der Waals surface area contributed by atoms with E-state index in [4.69, 9.17) is 9.47 Å². The van der Waals surface area contributed by atoms with Crippen molar-refractivity contribution in [1.29, 1.82) is 0 Å². The van der Waals surface area contributed by atoms with E-state index in [1.54, 1.807) is 14.2 Å². The Morgan fingerprint density at radius 3 is 2.45 bits per heavy atom. The first-order valence-electron chi connectivity index (χ1n) is 9.82. The molecule has 2 N–H and O–H groups in total. The smallest absolute Gasteiger partial charge is 0.319 e. The van der Waals surface area contributed by atoms with E-state index < -0.39 is 0 Å². The van der Waals surface area contributed by atoms with Gasteiger partial charge in [0.25, 0.3) is 0 Å². The summed E-state index contributed by atoms with van der Waals surface area (Å²) >= 11 is 0. The number of hydrogen-bond acceptors (Lipinski definition) is 3. The Kier molecular flexibility index (Phi) is 6.60. The van der Waals surface area contributed by atoms with Crippen LogP contribution in [0.15, 0.2) is 54.6 Å². The fourth-order valence-electron chi connectivity index (χ4n) is 3.51. The van der Waals surface area contributed by atoms with Crippen LogP contribution in [0.5, 0.6) is 11.5 Å². The van der Waals surface area contributed by atoms with Crippen LogP contribution in [-0.4, -0.2) is 26.3 Å². The van der Waals surface area contributed by atoms with E-state index in [0.717, 1.165) is 45.5 Å². The van der Waals surface area contributed by atoms with E-state index >= 15 is 0 Å². The van der Waals surface area contributed by atoms with E-state index in [0.29, 0.717) is 6.42 Å². The highest BCUT2D eigenvalue weighted by molar-refractivity contribution is 6.01. The van der Waals surface area contributed by atoms with Gasteiger partial charge in [-0.1, -0.05) is 43.3 Å². The zero-order valence-electron chi connectivity index (χ0n) is 17.4. The minimum absolute atomic E-state index is 0.0358. The molecule has 0 aromatic heterocycles. The highest BCUT2D eigenvalue weighted by Crippen LogP contribution is 2.29. The third-order valence-electron chi connectivity index (χ3n) is 5.13. The Balaban J connectivity index is 1.74. The highest BCUT2D eigenvalue weighted by Gasteiger charge is 2.16. The number of benzene rings is 3. The topological polar surface area (TPSA) is 59.6 Å². The van der Waals surface area contributed by atoms with Crippen LogP contribution >= 0.6 is 0 Å². The van der Waals surface area contributed by atoms with Crippen LogP contribution in [-0.2, 0) is 6.42 Å². The molecule has 0 aliphatic heterocycles. The summed E-state index contributed by atoms with van der Waals surface area (Å²) < 4.78 is 11.0. The molecule has 0 heterocycles. The van der Waals surface area contributed by atoms with Gasteiger partial charge in [0, 0.05) is 11.4 Å². The number of anilines is 1. The lowest BCUT2D eigenvalue weighted by molar-refractivity contribution is 0.248. The predicted molar refractivity (Wildman–Crippen MR) is 118 cm³/mol. The molecular formula is C24H28N2O3. The molecule has 0 radical (unpaired) electrons. The van der Waals surface area contributed by atoms with Crippen molar-refractivity contribution >= 4 is 22.5 Å². The average Bonchev–Trinajstić information content (AvgIpc) is 2.74. The largest absolute Gasteiger partial charge is 0.496 e. The van der Waals surface area contributed by atoms with Gasteiger partial charge in [0.05, 0.1) is 19.9 Å². The molecule has 3 aromatic carbocycles. The monoisotopic (exact) mass is 392 g/mol. The van der Waals surface area contributed by atoms with E-state index in [2.05, 4.69) is 17.6 Å². The van der Waals surface area contributed by atoms with Crippen molar-refractivity contribution < 1.29 is 14.3 Å². The summed E-state index contributed by atoms with van der Waals surface area (Å²) in [5.41, 5.74) is 2.82. The van der Waals surface area contributed by atoms with Gasteiger partial charge in [0.2, 0.25) is 0 Å². The van der Waals surface area contributed by atoms with Crippen LogP contribution in [0.25, 0.3) is 10.8 Å². The summed E-state index contributed by atoms with van der Waals surface area (Å²) in [7, 11) is 3.32. The molecule has 0 spiro atoms. The number of hydrogen-bond donors (Lipinski definition) is 2. The first-order chi connectivity index (χ1) is 14.0. The Labute approximate surface area is 172 Å². The second-order valence-corrected chi connectivity index (χ2v) is 7.07. The number of carbonyl (C=O) groups is 1. The van der Waals surface area contributed by atoms with Crippen molar-refractivity contribution in [2.75, 3.05) is 19.5 Å². The molecule has 152 valence electrons. The van der Waals surface area contributed by atoms with Gasteiger partial charge < -0.3 is 20.1 Å². The number of aryl methyl sites for hydroxylation is 1. The van der Waals surface area contributed by atoms with Crippen LogP contribution in [0.3, 0.4) is 0 Å². The molecule has 0 saturated carbocycles. The van der Waals surface area contributed by atoms with Gasteiger partial charge in [-0.25, -0.2) is 4.79 Å². The summed E-state index contributed by atoms with van der Waals surface area (Å²) in [6, 6.07) is 17.6. The fraction of sp³-hybridized carbons (Fsp3) is 0.292. The van der Waals surface area contributed by atoms with Crippen LogP contribution in [0.2, 0.25) is 0 Å². The first kappa shape index (κ1) is 20.5. The molecule has 0 aliphatic rings.